The van der Waals surface area contributed by atoms with Crippen molar-refractivity contribution in [2.24, 2.45) is 0 Å². The number of aryl methyl sites for hydroxylation is 1. The molecule has 1 aromatic heterocycles. The van der Waals surface area contributed by atoms with E-state index in [-0.39, 0.29) is 12.1 Å². The molecule has 0 aliphatic carbocycles. The van der Waals surface area contributed by atoms with E-state index in [1.807, 2.05) is 32.0 Å². The first-order chi connectivity index (χ1) is 11.1. The minimum absolute atomic E-state index is 0.179. The molecule has 0 radical (unpaired) electrons. The molecule has 1 atom stereocenters. The van der Waals surface area contributed by atoms with Crippen LogP contribution in [0.15, 0.2) is 18.2 Å². The lowest BCUT2D eigenvalue weighted by Crippen LogP contribution is -2.31. The van der Waals surface area contributed by atoms with Crippen molar-refractivity contribution < 1.29 is 14.3 Å². The maximum atomic E-state index is 12.0. The Hall–Kier alpha value is -2.35. The Kier molecular flexibility index (Phi) is 4.61. The van der Waals surface area contributed by atoms with Crippen molar-refractivity contribution in [2.45, 2.75) is 26.3 Å². The number of benzene rings is 1. The molecular weight excluding hydrogens is 316 g/mol. The van der Waals surface area contributed by atoms with E-state index in [4.69, 9.17) is 9.47 Å². The summed E-state index contributed by atoms with van der Waals surface area (Å²) in [7, 11) is 0. The molecule has 2 aromatic rings. The zero-order chi connectivity index (χ0) is 16.2. The van der Waals surface area contributed by atoms with Crippen LogP contribution >= 0.6 is 11.3 Å². The number of nitrogens with one attached hydrogen (secondary N) is 2. The summed E-state index contributed by atoms with van der Waals surface area (Å²) in [6.07, 6.45) is 0.863. The number of nitrogens with zero attached hydrogens (tertiary/aromatic N) is 2. The van der Waals surface area contributed by atoms with Crippen molar-refractivity contribution in [3.05, 3.63) is 28.8 Å². The minimum atomic E-state index is -0.319. The summed E-state index contributed by atoms with van der Waals surface area (Å²) in [6, 6.07) is 5.20. The van der Waals surface area contributed by atoms with Gasteiger partial charge in [-0.2, -0.15) is 0 Å². The molecule has 7 nitrogen and oxygen atoms in total. The van der Waals surface area contributed by atoms with E-state index in [0.717, 1.165) is 22.7 Å². The Balaban J connectivity index is 1.64. The van der Waals surface area contributed by atoms with E-state index in [0.29, 0.717) is 24.1 Å². The van der Waals surface area contributed by atoms with E-state index in [2.05, 4.69) is 20.8 Å². The molecule has 2 amide bonds. The summed E-state index contributed by atoms with van der Waals surface area (Å²) in [5.74, 6) is 1.46. The van der Waals surface area contributed by atoms with Gasteiger partial charge in [-0.1, -0.05) is 17.4 Å². The second kappa shape index (κ2) is 6.82. The van der Waals surface area contributed by atoms with Gasteiger partial charge in [0, 0.05) is 6.42 Å². The van der Waals surface area contributed by atoms with Crippen LogP contribution in [0.4, 0.5) is 9.93 Å². The Bertz CT molecular complexity index is 704. The third kappa shape index (κ3) is 3.89. The van der Waals surface area contributed by atoms with Crippen LogP contribution in [-0.4, -0.2) is 29.4 Å². The molecule has 0 fully saturated rings. The Labute approximate surface area is 138 Å². The number of hydrogen-bond donors (Lipinski definition) is 2. The van der Waals surface area contributed by atoms with Gasteiger partial charge in [0.15, 0.2) is 11.5 Å². The van der Waals surface area contributed by atoms with E-state index in [9.17, 15) is 4.79 Å². The van der Waals surface area contributed by atoms with Gasteiger partial charge in [0.05, 0.1) is 19.3 Å². The van der Waals surface area contributed by atoms with Crippen LogP contribution in [0.1, 0.15) is 30.0 Å². The number of rotatable bonds is 3. The van der Waals surface area contributed by atoms with Crippen molar-refractivity contribution in [1.82, 2.24) is 15.5 Å². The molecule has 0 spiro atoms. The van der Waals surface area contributed by atoms with Gasteiger partial charge in [-0.05, 0) is 31.5 Å². The van der Waals surface area contributed by atoms with Gasteiger partial charge in [0.1, 0.15) is 5.01 Å². The molecule has 1 aliphatic heterocycles. The lowest BCUT2D eigenvalue weighted by molar-refractivity contribution is 0.249. The van der Waals surface area contributed by atoms with E-state index in [1.54, 1.807) is 0 Å². The highest BCUT2D eigenvalue weighted by Gasteiger charge is 2.15. The fourth-order valence-corrected chi connectivity index (χ4v) is 2.80. The summed E-state index contributed by atoms with van der Waals surface area (Å²) in [6.45, 7) is 5.03. The molecule has 122 valence electrons. The number of carbonyl (C=O) groups is 1. The number of anilines is 1. The number of urea groups is 1. The van der Waals surface area contributed by atoms with Crippen LogP contribution in [0.25, 0.3) is 0 Å². The predicted molar refractivity (Wildman–Crippen MR) is 87.3 cm³/mol. The number of ether oxygens (including phenoxy) is 2. The third-order valence-electron chi connectivity index (χ3n) is 3.37. The standard InChI is InChI=1S/C15H18N4O3S/c1-9(16-14(20)17-15-19-18-10(2)23-15)11-4-5-12-13(8-11)22-7-3-6-21-12/h4-5,8-9H,3,6-7H2,1-2H3,(H2,16,17,19,20)/t9-/m0/s1. The van der Waals surface area contributed by atoms with Crippen molar-refractivity contribution in [2.75, 3.05) is 18.5 Å². The van der Waals surface area contributed by atoms with Gasteiger partial charge in [-0.25, -0.2) is 4.79 Å². The van der Waals surface area contributed by atoms with Crippen molar-refractivity contribution in [3.8, 4) is 11.5 Å². The van der Waals surface area contributed by atoms with Crippen molar-refractivity contribution in [3.63, 3.8) is 0 Å². The maximum absolute atomic E-state index is 12.0. The zero-order valence-electron chi connectivity index (χ0n) is 13.0. The molecule has 2 N–H and O–H groups in total. The second-order valence-electron chi connectivity index (χ2n) is 5.20. The summed E-state index contributed by atoms with van der Waals surface area (Å²) >= 11 is 1.33. The Morgan fingerprint density at radius 3 is 2.78 bits per heavy atom. The van der Waals surface area contributed by atoms with E-state index < -0.39 is 0 Å². The zero-order valence-corrected chi connectivity index (χ0v) is 13.8. The van der Waals surface area contributed by atoms with Gasteiger partial charge < -0.3 is 14.8 Å². The number of aromatic nitrogens is 2. The van der Waals surface area contributed by atoms with Gasteiger partial charge in [0.2, 0.25) is 5.13 Å². The highest BCUT2D eigenvalue weighted by molar-refractivity contribution is 7.15. The molecule has 23 heavy (non-hydrogen) atoms. The highest BCUT2D eigenvalue weighted by atomic mass is 32.1. The summed E-state index contributed by atoms with van der Waals surface area (Å²) in [4.78, 5) is 12.0. The molecule has 0 bridgehead atoms. The number of carbonyl (C=O) groups excluding carboxylic acids is 1. The minimum Gasteiger partial charge on any atom is -0.490 e. The molecule has 1 aromatic carbocycles. The van der Waals surface area contributed by atoms with Crippen molar-refractivity contribution >= 4 is 22.5 Å². The van der Waals surface area contributed by atoms with Crippen LogP contribution in [0, 0.1) is 6.92 Å². The summed E-state index contributed by atoms with van der Waals surface area (Å²) in [5.41, 5.74) is 0.942. The van der Waals surface area contributed by atoms with Crippen LogP contribution in [-0.2, 0) is 0 Å². The second-order valence-corrected chi connectivity index (χ2v) is 6.38. The van der Waals surface area contributed by atoms with Crippen molar-refractivity contribution in [1.29, 1.82) is 0 Å². The van der Waals surface area contributed by atoms with Gasteiger partial charge in [-0.3, -0.25) is 5.32 Å². The van der Waals surface area contributed by atoms with Crippen LogP contribution in [0.2, 0.25) is 0 Å². The molecule has 3 rings (SSSR count). The molecule has 2 heterocycles. The monoisotopic (exact) mass is 334 g/mol. The fourth-order valence-electron chi connectivity index (χ4n) is 2.21. The summed E-state index contributed by atoms with van der Waals surface area (Å²) in [5, 5.41) is 14.5. The average Bonchev–Trinajstić information content (AvgIpc) is 2.79. The topological polar surface area (TPSA) is 85.4 Å². The maximum Gasteiger partial charge on any atom is 0.321 e. The molecule has 0 unspecified atom stereocenters. The SMILES string of the molecule is Cc1nnc(NC(=O)N[C@@H](C)c2ccc3c(c2)OCCCO3)s1. The first-order valence-electron chi connectivity index (χ1n) is 7.39. The van der Waals surface area contributed by atoms with E-state index in [1.165, 1.54) is 11.3 Å². The Morgan fingerprint density at radius 1 is 1.26 bits per heavy atom. The van der Waals surface area contributed by atoms with Crippen LogP contribution in [0.5, 0.6) is 11.5 Å². The van der Waals surface area contributed by atoms with Gasteiger partial charge in [-0.15, -0.1) is 10.2 Å². The number of hydrogen-bond acceptors (Lipinski definition) is 6. The quantitative estimate of drug-likeness (QED) is 0.901. The van der Waals surface area contributed by atoms with Gasteiger partial charge in [0.25, 0.3) is 0 Å². The number of fused-ring (bicyclic) bond motifs is 1. The normalized spacial score (nSPS) is 14.7. The predicted octanol–water partition coefficient (Wildman–Crippen LogP) is 2.89. The lowest BCUT2D eigenvalue weighted by atomic mass is 10.1. The number of amides is 2. The molecular formula is C15H18N4O3S. The average molecular weight is 334 g/mol. The van der Waals surface area contributed by atoms with Gasteiger partial charge >= 0.3 is 6.03 Å². The molecule has 8 heteroatoms. The first kappa shape index (κ1) is 15.5. The summed E-state index contributed by atoms with van der Waals surface area (Å²) < 4.78 is 11.3. The third-order valence-corrected chi connectivity index (χ3v) is 4.12. The molecule has 0 saturated heterocycles. The molecule has 1 aliphatic rings. The smallest absolute Gasteiger partial charge is 0.321 e. The van der Waals surface area contributed by atoms with Crippen LogP contribution < -0.4 is 20.1 Å². The largest absolute Gasteiger partial charge is 0.490 e. The Morgan fingerprint density at radius 2 is 2.04 bits per heavy atom. The first-order valence-corrected chi connectivity index (χ1v) is 8.20. The fraction of sp³-hybridized carbons (Fsp3) is 0.400. The lowest BCUT2D eigenvalue weighted by Gasteiger charge is -2.16. The highest BCUT2D eigenvalue weighted by Crippen LogP contribution is 2.32. The van der Waals surface area contributed by atoms with Crippen LogP contribution in [0.3, 0.4) is 0 Å². The molecule has 0 saturated carbocycles. The van der Waals surface area contributed by atoms with E-state index >= 15 is 0 Å².